The lowest BCUT2D eigenvalue weighted by Crippen LogP contribution is -2.32. The van der Waals surface area contributed by atoms with Crippen molar-refractivity contribution in [2.24, 2.45) is 0 Å². The van der Waals surface area contributed by atoms with Crippen LogP contribution in [0.4, 0.5) is 5.13 Å². The Morgan fingerprint density at radius 3 is 2.70 bits per heavy atom. The first-order valence-electron chi connectivity index (χ1n) is 6.89. The van der Waals surface area contributed by atoms with Gasteiger partial charge in [-0.05, 0) is 43.5 Å². The van der Waals surface area contributed by atoms with Crippen LogP contribution in [-0.4, -0.2) is 23.0 Å². The van der Waals surface area contributed by atoms with Crippen molar-refractivity contribution in [2.75, 3.05) is 18.8 Å². The first-order valence-corrected chi connectivity index (χ1v) is 8.50. The summed E-state index contributed by atoms with van der Waals surface area (Å²) in [4.78, 5) is 7.89. The zero-order valence-corrected chi connectivity index (χ0v) is 13.7. The van der Waals surface area contributed by atoms with E-state index in [9.17, 15) is 0 Å². The maximum absolute atomic E-state index is 5.68. The van der Waals surface area contributed by atoms with E-state index in [2.05, 4.69) is 50.1 Å². The second kappa shape index (κ2) is 6.24. The van der Waals surface area contributed by atoms with Crippen molar-refractivity contribution in [3.05, 3.63) is 45.4 Å². The van der Waals surface area contributed by atoms with Gasteiger partial charge in [0.2, 0.25) is 0 Å². The molecule has 3 nitrogen and oxygen atoms in total. The van der Waals surface area contributed by atoms with Crippen molar-refractivity contribution >= 4 is 32.4 Å². The van der Waals surface area contributed by atoms with Crippen LogP contribution in [0.2, 0.25) is 0 Å². The van der Waals surface area contributed by atoms with E-state index in [0.717, 1.165) is 19.6 Å². The Hall–Kier alpha value is -0.910. The van der Waals surface area contributed by atoms with E-state index in [0.29, 0.717) is 11.0 Å². The average Bonchev–Trinajstić information content (AvgIpc) is 2.86. The Bertz CT molecular complexity index is 576. The zero-order valence-electron chi connectivity index (χ0n) is 11.3. The van der Waals surface area contributed by atoms with Gasteiger partial charge in [-0.2, -0.15) is 0 Å². The van der Waals surface area contributed by atoms with Gasteiger partial charge in [-0.3, -0.25) is 4.90 Å². The minimum atomic E-state index is 0.670. The lowest BCUT2D eigenvalue weighted by Gasteiger charge is -2.32. The number of halogens is 1. The van der Waals surface area contributed by atoms with Gasteiger partial charge in [0.1, 0.15) is 0 Å². The fourth-order valence-corrected chi connectivity index (χ4v) is 4.16. The highest BCUT2D eigenvalue weighted by atomic mass is 79.9. The smallest absolute Gasteiger partial charge is 0.180 e. The van der Waals surface area contributed by atoms with Crippen LogP contribution in [0, 0.1) is 0 Å². The molecular formula is C15H18BrN3S. The number of nitrogen functional groups attached to an aromatic ring is 1. The predicted octanol–water partition coefficient (Wildman–Crippen LogP) is 3.87. The minimum absolute atomic E-state index is 0.670. The topological polar surface area (TPSA) is 42.1 Å². The second-order valence-electron chi connectivity index (χ2n) is 5.24. The molecule has 1 aliphatic rings. The Labute approximate surface area is 131 Å². The molecule has 1 aromatic heterocycles. The second-order valence-corrected chi connectivity index (χ2v) is 7.24. The van der Waals surface area contributed by atoms with E-state index < -0.39 is 0 Å². The molecule has 5 heteroatoms. The number of nitrogens with two attached hydrogens (primary N) is 1. The number of hydrogen-bond acceptors (Lipinski definition) is 4. The number of nitrogens with zero attached hydrogens (tertiary/aromatic N) is 2. The lowest BCUT2D eigenvalue weighted by atomic mass is 9.89. The quantitative estimate of drug-likeness (QED) is 0.912. The lowest BCUT2D eigenvalue weighted by molar-refractivity contribution is 0.206. The van der Waals surface area contributed by atoms with Crippen molar-refractivity contribution in [3.8, 4) is 0 Å². The van der Waals surface area contributed by atoms with Crippen molar-refractivity contribution in [2.45, 2.75) is 25.3 Å². The molecule has 1 fully saturated rings. The Kier molecular flexibility index (Phi) is 4.38. The van der Waals surface area contributed by atoms with Crippen molar-refractivity contribution < 1.29 is 0 Å². The van der Waals surface area contributed by atoms with Crippen LogP contribution in [0.15, 0.2) is 34.9 Å². The minimum Gasteiger partial charge on any atom is -0.375 e. The molecule has 1 saturated heterocycles. The van der Waals surface area contributed by atoms with Crippen LogP contribution in [0.1, 0.15) is 29.2 Å². The summed E-state index contributed by atoms with van der Waals surface area (Å²) in [7, 11) is 0. The SMILES string of the molecule is Nc1ncc(CN2CCC(c3ccccc3Br)CC2)s1. The average molecular weight is 352 g/mol. The molecule has 0 bridgehead atoms. The van der Waals surface area contributed by atoms with Crippen LogP contribution in [0.3, 0.4) is 0 Å². The third-order valence-electron chi connectivity index (χ3n) is 3.88. The number of hydrogen-bond donors (Lipinski definition) is 1. The van der Waals surface area contributed by atoms with E-state index in [1.807, 2.05) is 6.20 Å². The monoisotopic (exact) mass is 351 g/mol. The summed E-state index contributed by atoms with van der Waals surface area (Å²) in [6, 6.07) is 8.60. The molecule has 0 atom stereocenters. The third-order valence-corrected chi connectivity index (χ3v) is 5.42. The number of benzene rings is 1. The van der Waals surface area contributed by atoms with Gasteiger partial charge < -0.3 is 5.73 Å². The van der Waals surface area contributed by atoms with Crippen molar-refractivity contribution in [1.29, 1.82) is 0 Å². The molecule has 0 spiro atoms. The summed E-state index contributed by atoms with van der Waals surface area (Å²) in [5, 5.41) is 0.670. The first-order chi connectivity index (χ1) is 9.72. The highest BCUT2D eigenvalue weighted by Gasteiger charge is 2.22. The van der Waals surface area contributed by atoms with E-state index in [1.165, 1.54) is 27.8 Å². The number of likely N-dealkylation sites (tertiary alicyclic amines) is 1. The first kappa shape index (κ1) is 14.0. The molecule has 2 heterocycles. The molecule has 0 amide bonds. The number of aromatic nitrogens is 1. The third kappa shape index (κ3) is 3.22. The van der Waals surface area contributed by atoms with Gasteiger partial charge in [0.25, 0.3) is 0 Å². The Balaban J connectivity index is 1.58. The normalized spacial score (nSPS) is 17.4. The summed E-state index contributed by atoms with van der Waals surface area (Å²) in [5.41, 5.74) is 7.14. The maximum Gasteiger partial charge on any atom is 0.180 e. The van der Waals surface area contributed by atoms with Gasteiger partial charge >= 0.3 is 0 Å². The molecule has 3 rings (SSSR count). The van der Waals surface area contributed by atoms with Gasteiger partial charge in [-0.25, -0.2) is 4.98 Å². The molecule has 1 aromatic carbocycles. The summed E-state index contributed by atoms with van der Waals surface area (Å²) in [6.45, 7) is 3.27. The Morgan fingerprint density at radius 1 is 1.30 bits per heavy atom. The van der Waals surface area contributed by atoms with Gasteiger partial charge in [0, 0.05) is 22.1 Å². The van der Waals surface area contributed by atoms with E-state index in [4.69, 9.17) is 5.73 Å². The largest absolute Gasteiger partial charge is 0.375 e. The van der Waals surface area contributed by atoms with E-state index in [-0.39, 0.29) is 0 Å². The number of thiazole rings is 1. The number of rotatable bonds is 3. The standard InChI is InChI=1S/C15H18BrN3S/c16-14-4-2-1-3-13(14)11-5-7-19(8-6-11)10-12-9-18-15(17)20-12/h1-4,9,11H,5-8,10H2,(H2,17,18). The number of anilines is 1. The summed E-state index contributed by atoms with van der Waals surface area (Å²) in [6.07, 6.45) is 4.34. The fourth-order valence-electron chi connectivity index (χ4n) is 2.82. The molecule has 20 heavy (non-hydrogen) atoms. The van der Waals surface area contributed by atoms with Crippen molar-refractivity contribution in [1.82, 2.24) is 9.88 Å². The van der Waals surface area contributed by atoms with Gasteiger partial charge in [0.05, 0.1) is 0 Å². The van der Waals surface area contributed by atoms with Crippen molar-refractivity contribution in [3.63, 3.8) is 0 Å². The molecular weight excluding hydrogens is 334 g/mol. The molecule has 2 aromatic rings. The number of piperidine rings is 1. The predicted molar refractivity (Wildman–Crippen MR) is 87.9 cm³/mol. The van der Waals surface area contributed by atoms with Gasteiger partial charge in [-0.15, -0.1) is 11.3 Å². The Morgan fingerprint density at radius 2 is 2.05 bits per heavy atom. The van der Waals surface area contributed by atoms with Gasteiger partial charge in [0.15, 0.2) is 5.13 Å². The highest BCUT2D eigenvalue weighted by molar-refractivity contribution is 9.10. The maximum atomic E-state index is 5.68. The summed E-state index contributed by atoms with van der Waals surface area (Å²) < 4.78 is 1.24. The molecule has 0 saturated carbocycles. The molecule has 106 valence electrons. The van der Waals surface area contributed by atoms with Crippen LogP contribution < -0.4 is 5.73 Å². The van der Waals surface area contributed by atoms with Crippen LogP contribution in [-0.2, 0) is 6.54 Å². The molecule has 2 N–H and O–H groups in total. The fraction of sp³-hybridized carbons (Fsp3) is 0.400. The molecule has 0 aliphatic carbocycles. The molecule has 1 aliphatic heterocycles. The van der Waals surface area contributed by atoms with E-state index in [1.54, 1.807) is 11.3 Å². The summed E-state index contributed by atoms with van der Waals surface area (Å²) >= 11 is 5.27. The molecule has 0 radical (unpaired) electrons. The van der Waals surface area contributed by atoms with Gasteiger partial charge in [-0.1, -0.05) is 34.1 Å². The zero-order chi connectivity index (χ0) is 13.9. The van der Waals surface area contributed by atoms with Crippen LogP contribution >= 0.6 is 27.3 Å². The highest BCUT2D eigenvalue weighted by Crippen LogP contribution is 2.33. The van der Waals surface area contributed by atoms with Crippen LogP contribution in [0.5, 0.6) is 0 Å². The summed E-state index contributed by atoms with van der Waals surface area (Å²) in [5.74, 6) is 0.674. The molecule has 0 unspecified atom stereocenters. The van der Waals surface area contributed by atoms with E-state index >= 15 is 0 Å². The van der Waals surface area contributed by atoms with Crippen LogP contribution in [0.25, 0.3) is 0 Å².